The molecule has 1 unspecified atom stereocenters. The molecule has 0 amide bonds. The molecule has 1 aromatic carbocycles. The van der Waals surface area contributed by atoms with Crippen LogP contribution >= 0.6 is 0 Å². The van der Waals surface area contributed by atoms with Crippen molar-refractivity contribution in [1.82, 2.24) is 4.90 Å². The monoisotopic (exact) mass is 357 g/mol. The average molecular weight is 357 g/mol. The van der Waals surface area contributed by atoms with Crippen molar-refractivity contribution in [3.05, 3.63) is 59.3 Å². The molecular weight excluding hydrogens is 334 g/mol. The van der Waals surface area contributed by atoms with Gasteiger partial charge in [0.25, 0.3) is 0 Å². The fourth-order valence-electron chi connectivity index (χ4n) is 3.83. The number of aliphatic hydroxyl groups is 1. The highest BCUT2D eigenvalue weighted by Gasteiger charge is 2.45. The number of aliphatic carboxylic acids is 2. The summed E-state index contributed by atoms with van der Waals surface area (Å²) in [6.07, 6.45) is 4.01. The molecule has 6 heteroatoms. The Balaban J connectivity index is 1.83. The molecule has 3 N–H and O–H groups in total. The summed E-state index contributed by atoms with van der Waals surface area (Å²) in [4.78, 5) is 25.1. The van der Waals surface area contributed by atoms with Gasteiger partial charge >= 0.3 is 11.9 Å². The minimum atomic E-state index is -1.29. The van der Waals surface area contributed by atoms with Gasteiger partial charge in [0.15, 0.2) is 0 Å². The molecule has 0 radical (unpaired) electrons. The van der Waals surface area contributed by atoms with E-state index in [0.717, 1.165) is 5.56 Å². The second-order valence-electron chi connectivity index (χ2n) is 7.25. The molecule has 1 fully saturated rings. The molecule has 0 saturated carbocycles. The van der Waals surface area contributed by atoms with Gasteiger partial charge in [0, 0.05) is 30.8 Å². The molecular formula is C20H23NO5. The van der Waals surface area contributed by atoms with Crippen molar-refractivity contribution in [3.8, 4) is 0 Å². The predicted octanol–water partition coefficient (Wildman–Crippen LogP) is 2.36. The summed E-state index contributed by atoms with van der Waals surface area (Å²) in [5.41, 5.74) is -0.646. The van der Waals surface area contributed by atoms with Crippen LogP contribution in [0.1, 0.15) is 31.7 Å². The summed E-state index contributed by atoms with van der Waals surface area (Å²) in [7, 11) is 0. The second-order valence-corrected chi connectivity index (χ2v) is 7.25. The molecule has 1 aliphatic carbocycles. The molecule has 0 spiro atoms. The molecule has 1 heterocycles. The first kappa shape index (κ1) is 18.2. The van der Waals surface area contributed by atoms with E-state index < -0.39 is 23.0 Å². The fourth-order valence-corrected chi connectivity index (χ4v) is 3.83. The van der Waals surface area contributed by atoms with Gasteiger partial charge in [-0.15, -0.1) is 0 Å². The Morgan fingerprint density at radius 2 is 1.65 bits per heavy atom. The van der Waals surface area contributed by atoms with Gasteiger partial charge in [-0.25, -0.2) is 4.79 Å². The summed E-state index contributed by atoms with van der Waals surface area (Å²) in [5.74, 6) is -2.13. The Bertz CT molecular complexity index is 775. The quantitative estimate of drug-likeness (QED) is 0.765. The number of hydrogen-bond acceptors (Lipinski definition) is 4. The lowest BCUT2D eigenvalue weighted by atomic mass is 9.75. The molecule has 0 aromatic heterocycles. The Labute approximate surface area is 152 Å². The Morgan fingerprint density at radius 3 is 2.19 bits per heavy atom. The van der Waals surface area contributed by atoms with Crippen molar-refractivity contribution < 1.29 is 24.9 Å². The smallest absolute Gasteiger partial charge is 0.331 e. The van der Waals surface area contributed by atoms with Crippen LogP contribution in [-0.2, 0) is 15.2 Å². The molecule has 1 aromatic rings. The summed E-state index contributed by atoms with van der Waals surface area (Å²) < 4.78 is 0. The fraction of sp³-hybridized carbons (Fsp3) is 0.400. The van der Waals surface area contributed by atoms with Crippen LogP contribution in [-0.4, -0.2) is 45.2 Å². The lowest BCUT2D eigenvalue weighted by molar-refractivity contribution is -0.147. The van der Waals surface area contributed by atoms with E-state index in [9.17, 15) is 24.9 Å². The summed E-state index contributed by atoms with van der Waals surface area (Å²) in [6.45, 7) is 2.59. The van der Waals surface area contributed by atoms with Crippen LogP contribution in [0.4, 0.5) is 0 Å². The number of benzene rings is 1. The number of rotatable bonds is 4. The van der Waals surface area contributed by atoms with Gasteiger partial charge in [-0.1, -0.05) is 30.3 Å². The third-order valence-electron chi connectivity index (χ3n) is 5.54. The zero-order valence-corrected chi connectivity index (χ0v) is 14.7. The van der Waals surface area contributed by atoms with E-state index in [-0.39, 0.29) is 12.0 Å². The molecule has 6 nitrogen and oxygen atoms in total. The average Bonchev–Trinajstić information content (AvgIpc) is 2.63. The zero-order chi connectivity index (χ0) is 18.9. The van der Waals surface area contributed by atoms with E-state index >= 15 is 0 Å². The predicted molar refractivity (Wildman–Crippen MR) is 95.3 cm³/mol. The molecule has 3 rings (SSSR count). The first-order valence-corrected chi connectivity index (χ1v) is 8.67. The number of carbonyl (C=O) groups is 2. The maximum Gasteiger partial charge on any atom is 0.331 e. The normalized spacial score (nSPS) is 25.2. The maximum absolute atomic E-state index is 11.9. The highest BCUT2D eigenvalue weighted by atomic mass is 16.4. The van der Waals surface area contributed by atoms with Crippen LogP contribution < -0.4 is 0 Å². The van der Waals surface area contributed by atoms with Crippen LogP contribution in [0, 0.1) is 5.41 Å². The first-order valence-electron chi connectivity index (χ1n) is 8.67. The van der Waals surface area contributed by atoms with E-state index in [1.165, 1.54) is 6.08 Å². The second kappa shape index (κ2) is 6.61. The van der Waals surface area contributed by atoms with E-state index in [4.69, 9.17) is 0 Å². The van der Waals surface area contributed by atoms with E-state index in [1.54, 1.807) is 13.0 Å². The highest BCUT2D eigenvalue weighted by molar-refractivity contribution is 5.90. The topological polar surface area (TPSA) is 98.1 Å². The molecule has 138 valence electrons. The molecule has 1 saturated heterocycles. The standard InChI is InChI=1S/C20H23NO5/c1-19(18(24)25)13-14(17(22)23)7-8-16(19)21-11-9-20(26,10-12-21)15-5-3-2-4-6-15/h2-8,26H,9-13H2,1H3,(H,22,23)(H,24,25). The molecule has 2 aliphatic rings. The van der Waals surface area contributed by atoms with Crippen LogP contribution in [0.5, 0.6) is 0 Å². The van der Waals surface area contributed by atoms with E-state index in [0.29, 0.717) is 31.6 Å². The van der Waals surface area contributed by atoms with Crippen LogP contribution in [0.3, 0.4) is 0 Å². The van der Waals surface area contributed by atoms with Gasteiger partial charge in [-0.05, 0) is 37.5 Å². The van der Waals surface area contributed by atoms with Crippen LogP contribution in [0.25, 0.3) is 0 Å². The van der Waals surface area contributed by atoms with E-state index in [1.807, 2.05) is 35.2 Å². The van der Waals surface area contributed by atoms with Gasteiger partial charge in [-0.3, -0.25) is 4.79 Å². The number of hydrogen-bond donors (Lipinski definition) is 3. The Hall–Kier alpha value is -2.60. The number of allylic oxidation sites excluding steroid dienone is 2. The van der Waals surface area contributed by atoms with Gasteiger partial charge in [0.05, 0.1) is 5.60 Å². The molecule has 1 aliphatic heterocycles. The third kappa shape index (κ3) is 3.12. The molecule has 0 bridgehead atoms. The SMILES string of the molecule is CC1(C(=O)O)CC(C(=O)O)=CC=C1N1CCC(O)(c2ccccc2)CC1. The van der Waals surface area contributed by atoms with Gasteiger partial charge < -0.3 is 20.2 Å². The van der Waals surface area contributed by atoms with Crippen molar-refractivity contribution in [3.63, 3.8) is 0 Å². The highest BCUT2D eigenvalue weighted by Crippen LogP contribution is 2.42. The van der Waals surface area contributed by atoms with E-state index in [2.05, 4.69) is 0 Å². The van der Waals surface area contributed by atoms with Gasteiger partial charge in [0.1, 0.15) is 5.41 Å². The third-order valence-corrected chi connectivity index (χ3v) is 5.54. The lowest BCUT2D eigenvalue weighted by Crippen LogP contribution is -2.47. The largest absolute Gasteiger partial charge is 0.481 e. The first-order chi connectivity index (χ1) is 12.3. The molecule has 1 atom stereocenters. The van der Waals surface area contributed by atoms with Crippen molar-refractivity contribution >= 4 is 11.9 Å². The number of nitrogens with zero attached hydrogens (tertiary/aromatic N) is 1. The summed E-state index contributed by atoms with van der Waals surface area (Å²) in [6, 6.07) is 9.49. The minimum absolute atomic E-state index is 0.0526. The number of carboxylic acids is 2. The summed E-state index contributed by atoms with van der Waals surface area (Å²) >= 11 is 0. The Morgan fingerprint density at radius 1 is 1.04 bits per heavy atom. The van der Waals surface area contributed by atoms with Crippen molar-refractivity contribution in [2.45, 2.75) is 31.8 Å². The van der Waals surface area contributed by atoms with Crippen molar-refractivity contribution in [1.29, 1.82) is 0 Å². The maximum atomic E-state index is 11.9. The van der Waals surface area contributed by atoms with Gasteiger partial charge in [0.2, 0.25) is 0 Å². The van der Waals surface area contributed by atoms with Gasteiger partial charge in [-0.2, -0.15) is 0 Å². The van der Waals surface area contributed by atoms with Crippen LogP contribution in [0.15, 0.2) is 53.8 Å². The Kier molecular flexibility index (Phi) is 4.63. The zero-order valence-electron chi connectivity index (χ0n) is 14.7. The van der Waals surface area contributed by atoms with Crippen molar-refractivity contribution in [2.24, 2.45) is 5.41 Å². The van der Waals surface area contributed by atoms with Crippen LogP contribution in [0.2, 0.25) is 0 Å². The summed E-state index contributed by atoms with van der Waals surface area (Å²) in [5, 5.41) is 29.9. The minimum Gasteiger partial charge on any atom is -0.481 e. The number of likely N-dealkylation sites (tertiary alicyclic amines) is 1. The molecule has 26 heavy (non-hydrogen) atoms. The van der Waals surface area contributed by atoms with Crippen molar-refractivity contribution in [2.75, 3.05) is 13.1 Å². The number of piperidine rings is 1. The lowest BCUT2D eigenvalue weighted by Gasteiger charge is -2.45. The number of carboxylic acid groups (broad SMARTS) is 2.